The van der Waals surface area contributed by atoms with Crippen LogP contribution in [0.2, 0.25) is 0 Å². The number of aryl methyl sites for hydroxylation is 1. The minimum absolute atomic E-state index is 0.140. The van der Waals surface area contributed by atoms with Crippen molar-refractivity contribution in [3.05, 3.63) is 34.7 Å². The lowest BCUT2D eigenvalue weighted by Crippen LogP contribution is -2.05. The van der Waals surface area contributed by atoms with Crippen LogP contribution in [-0.4, -0.2) is 21.0 Å². The van der Waals surface area contributed by atoms with Crippen LogP contribution in [0.1, 0.15) is 16.1 Å². The van der Waals surface area contributed by atoms with E-state index in [1.54, 1.807) is 12.3 Å². The lowest BCUT2D eigenvalue weighted by molar-refractivity contribution is 0.0692. The maximum atomic E-state index is 13.7. The Labute approximate surface area is 100.0 Å². The van der Waals surface area contributed by atoms with Crippen LogP contribution in [0.25, 0.3) is 0 Å². The lowest BCUT2D eigenvalue weighted by atomic mass is 10.2. The molecule has 2 heterocycles. The fourth-order valence-electron chi connectivity index (χ4n) is 1.21. The molecule has 5 nitrogen and oxygen atoms in total. The average molecular weight is 253 g/mol. The number of anilines is 2. The second-order valence-electron chi connectivity index (χ2n) is 3.25. The van der Waals surface area contributed by atoms with Crippen LogP contribution in [0.5, 0.6) is 0 Å². The number of carboxylic acid groups (broad SMARTS) is 1. The molecule has 88 valence electrons. The first-order chi connectivity index (χ1) is 8.08. The summed E-state index contributed by atoms with van der Waals surface area (Å²) in [6.45, 7) is 1.80. The molecule has 0 unspecified atom stereocenters. The average Bonchev–Trinajstić information content (AvgIpc) is 2.67. The van der Waals surface area contributed by atoms with Crippen molar-refractivity contribution in [2.24, 2.45) is 0 Å². The highest BCUT2D eigenvalue weighted by Gasteiger charge is 2.15. The smallest absolute Gasteiger partial charge is 0.338 e. The van der Waals surface area contributed by atoms with Gasteiger partial charge in [-0.3, -0.25) is 0 Å². The number of nitrogens with one attached hydrogen (secondary N) is 1. The van der Waals surface area contributed by atoms with E-state index < -0.39 is 17.3 Å². The van der Waals surface area contributed by atoms with Crippen molar-refractivity contribution in [3.8, 4) is 0 Å². The third kappa shape index (κ3) is 2.39. The van der Waals surface area contributed by atoms with Gasteiger partial charge in [-0.15, -0.1) is 11.3 Å². The van der Waals surface area contributed by atoms with Crippen molar-refractivity contribution in [1.82, 2.24) is 9.97 Å². The minimum atomic E-state index is -1.33. The van der Waals surface area contributed by atoms with Crippen LogP contribution in [-0.2, 0) is 0 Å². The normalized spacial score (nSPS) is 10.2. The van der Waals surface area contributed by atoms with E-state index in [0.717, 1.165) is 11.8 Å². The molecule has 2 rings (SSSR count). The highest BCUT2D eigenvalue weighted by Crippen LogP contribution is 2.22. The Bertz CT molecular complexity index is 570. The van der Waals surface area contributed by atoms with Gasteiger partial charge in [0.15, 0.2) is 16.8 Å². The monoisotopic (exact) mass is 253 g/mol. The summed E-state index contributed by atoms with van der Waals surface area (Å²) in [5, 5.41) is 13.7. The van der Waals surface area contributed by atoms with Crippen LogP contribution < -0.4 is 5.32 Å². The van der Waals surface area contributed by atoms with Crippen LogP contribution >= 0.6 is 11.3 Å². The van der Waals surface area contributed by atoms with Gasteiger partial charge in [0.1, 0.15) is 5.56 Å². The largest absolute Gasteiger partial charge is 0.478 e. The summed E-state index contributed by atoms with van der Waals surface area (Å²) in [7, 11) is 0. The van der Waals surface area contributed by atoms with E-state index in [1.165, 1.54) is 17.5 Å². The third-order valence-corrected chi connectivity index (χ3v) is 2.84. The number of rotatable bonds is 3. The Morgan fingerprint density at radius 3 is 2.94 bits per heavy atom. The highest BCUT2D eigenvalue weighted by molar-refractivity contribution is 7.13. The SMILES string of the molecule is Cc1csc(Nc2nccc(C(=O)O)c2F)n1. The second-order valence-corrected chi connectivity index (χ2v) is 4.10. The zero-order chi connectivity index (χ0) is 12.4. The van der Waals surface area contributed by atoms with E-state index >= 15 is 0 Å². The Morgan fingerprint density at radius 2 is 2.35 bits per heavy atom. The minimum Gasteiger partial charge on any atom is -0.478 e. The predicted molar refractivity (Wildman–Crippen MR) is 61.3 cm³/mol. The Hall–Kier alpha value is -2.02. The lowest BCUT2D eigenvalue weighted by Gasteiger charge is -2.04. The van der Waals surface area contributed by atoms with Crippen molar-refractivity contribution < 1.29 is 14.3 Å². The molecule has 0 aromatic carbocycles. The molecule has 0 amide bonds. The summed E-state index contributed by atoms with van der Waals surface area (Å²) in [6.07, 6.45) is 1.23. The first kappa shape index (κ1) is 11.5. The number of hydrogen-bond acceptors (Lipinski definition) is 5. The number of carbonyl (C=O) groups is 1. The summed E-state index contributed by atoms with van der Waals surface area (Å²) in [4.78, 5) is 18.5. The molecule has 0 atom stereocenters. The molecular formula is C10H8FN3O2S. The van der Waals surface area contributed by atoms with Crippen LogP contribution in [0, 0.1) is 12.7 Å². The zero-order valence-corrected chi connectivity index (χ0v) is 9.58. The van der Waals surface area contributed by atoms with Gasteiger partial charge in [-0.25, -0.2) is 19.2 Å². The molecular weight excluding hydrogens is 245 g/mol. The topological polar surface area (TPSA) is 75.1 Å². The fourth-order valence-corrected chi connectivity index (χ4v) is 1.90. The molecule has 2 N–H and O–H groups in total. The molecule has 0 fully saturated rings. The Kier molecular flexibility index (Phi) is 3.01. The number of aromatic nitrogens is 2. The number of thiazole rings is 1. The summed E-state index contributed by atoms with van der Waals surface area (Å²) in [5.74, 6) is -2.37. The quantitative estimate of drug-likeness (QED) is 0.878. The first-order valence-corrected chi connectivity index (χ1v) is 5.53. The molecule has 0 spiro atoms. The van der Waals surface area contributed by atoms with Gasteiger partial charge in [-0.1, -0.05) is 0 Å². The van der Waals surface area contributed by atoms with E-state index in [0.29, 0.717) is 5.13 Å². The van der Waals surface area contributed by atoms with E-state index in [4.69, 9.17) is 5.11 Å². The van der Waals surface area contributed by atoms with Gasteiger partial charge >= 0.3 is 5.97 Å². The third-order valence-electron chi connectivity index (χ3n) is 1.96. The number of halogens is 1. The molecule has 17 heavy (non-hydrogen) atoms. The van der Waals surface area contributed by atoms with Crippen molar-refractivity contribution in [3.63, 3.8) is 0 Å². The van der Waals surface area contributed by atoms with Gasteiger partial charge in [0, 0.05) is 11.6 Å². The number of pyridine rings is 1. The van der Waals surface area contributed by atoms with E-state index in [9.17, 15) is 9.18 Å². The van der Waals surface area contributed by atoms with Crippen LogP contribution in [0.3, 0.4) is 0 Å². The molecule has 0 saturated heterocycles. The highest BCUT2D eigenvalue weighted by atomic mass is 32.1. The molecule has 7 heteroatoms. The van der Waals surface area contributed by atoms with Gasteiger partial charge in [0.25, 0.3) is 0 Å². The van der Waals surface area contributed by atoms with Crippen molar-refractivity contribution in [2.45, 2.75) is 6.92 Å². The summed E-state index contributed by atoms with van der Waals surface area (Å²) >= 11 is 1.29. The number of hydrogen-bond donors (Lipinski definition) is 2. The standard InChI is InChI=1S/C10H8FN3O2S/c1-5-4-17-10(13-5)14-8-7(11)6(9(15)16)2-3-12-8/h2-4H,1H3,(H,15,16)(H,12,13,14). The van der Waals surface area contributed by atoms with Crippen molar-refractivity contribution in [2.75, 3.05) is 5.32 Å². The number of nitrogens with zero attached hydrogens (tertiary/aromatic N) is 2. The van der Waals surface area contributed by atoms with Crippen molar-refractivity contribution >= 4 is 28.3 Å². The second kappa shape index (κ2) is 4.46. The molecule has 0 aliphatic rings. The number of carboxylic acids is 1. The van der Waals surface area contributed by atoms with Gasteiger partial charge < -0.3 is 10.4 Å². The maximum Gasteiger partial charge on any atom is 0.338 e. The van der Waals surface area contributed by atoms with Gasteiger partial charge in [-0.05, 0) is 13.0 Å². The molecule has 0 saturated carbocycles. The van der Waals surface area contributed by atoms with Crippen LogP contribution in [0.15, 0.2) is 17.6 Å². The zero-order valence-electron chi connectivity index (χ0n) is 8.77. The van der Waals surface area contributed by atoms with Gasteiger partial charge in [0.05, 0.1) is 5.69 Å². The summed E-state index contributed by atoms with van der Waals surface area (Å²) in [6, 6.07) is 1.11. The van der Waals surface area contributed by atoms with E-state index in [1.807, 2.05) is 0 Å². The summed E-state index contributed by atoms with van der Waals surface area (Å²) < 4.78 is 13.7. The van der Waals surface area contributed by atoms with E-state index in [-0.39, 0.29) is 5.82 Å². The van der Waals surface area contributed by atoms with Gasteiger partial charge in [-0.2, -0.15) is 0 Å². The predicted octanol–water partition coefficient (Wildman–Crippen LogP) is 2.43. The Morgan fingerprint density at radius 1 is 1.59 bits per heavy atom. The maximum absolute atomic E-state index is 13.7. The van der Waals surface area contributed by atoms with Gasteiger partial charge in [0.2, 0.25) is 0 Å². The molecule has 0 radical (unpaired) electrons. The van der Waals surface area contributed by atoms with E-state index in [2.05, 4.69) is 15.3 Å². The fraction of sp³-hybridized carbons (Fsp3) is 0.100. The molecule has 0 bridgehead atoms. The Balaban J connectivity index is 2.33. The van der Waals surface area contributed by atoms with Crippen LogP contribution in [0.4, 0.5) is 15.3 Å². The molecule has 2 aromatic heterocycles. The number of aromatic carboxylic acids is 1. The molecule has 0 aliphatic heterocycles. The van der Waals surface area contributed by atoms with Crippen molar-refractivity contribution in [1.29, 1.82) is 0 Å². The molecule has 0 aliphatic carbocycles. The molecule has 2 aromatic rings. The first-order valence-electron chi connectivity index (χ1n) is 4.65. The summed E-state index contributed by atoms with van der Waals surface area (Å²) in [5.41, 5.74) is 0.378.